The first-order chi connectivity index (χ1) is 13.5. The third-order valence-electron chi connectivity index (χ3n) is 4.39. The number of rotatable bonds is 8. The summed E-state index contributed by atoms with van der Waals surface area (Å²) in [5.41, 5.74) is 2.93. The summed E-state index contributed by atoms with van der Waals surface area (Å²) in [5, 5.41) is 11.9. The second kappa shape index (κ2) is 9.19. The van der Waals surface area contributed by atoms with E-state index in [1.165, 1.54) is 0 Å². The normalized spacial score (nSPS) is 16.8. The number of benzene rings is 2. The molecule has 2 aromatic rings. The minimum Gasteiger partial charge on any atom is -0.480 e. The van der Waals surface area contributed by atoms with Gasteiger partial charge in [0.15, 0.2) is 12.1 Å². The molecule has 2 aromatic carbocycles. The molecular weight excluding hydrogens is 358 g/mol. The van der Waals surface area contributed by atoms with E-state index in [0.29, 0.717) is 12.2 Å². The van der Waals surface area contributed by atoms with Gasteiger partial charge in [-0.05, 0) is 24.6 Å². The molecule has 6 heteroatoms. The SMILES string of the molecule is Cc1cccc(C2=CCC(C(=O)NC(COCc3ccccc3)C(=O)O)O2)c1. The molecule has 2 unspecified atom stereocenters. The second-order valence-corrected chi connectivity index (χ2v) is 6.68. The fourth-order valence-electron chi connectivity index (χ4n) is 2.92. The molecule has 1 aliphatic rings. The molecule has 1 amide bonds. The van der Waals surface area contributed by atoms with Crippen LogP contribution in [0.15, 0.2) is 60.7 Å². The first kappa shape index (κ1) is 19.6. The van der Waals surface area contributed by atoms with Crippen molar-refractivity contribution in [1.82, 2.24) is 5.32 Å². The molecule has 0 spiro atoms. The van der Waals surface area contributed by atoms with Crippen LogP contribution in [0, 0.1) is 6.92 Å². The standard InChI is InChI=1S/C22H23NO5/c1-15-6-5-9-17(12-15)19-10-11-20(28-19)21(24)23-18(22(25)26)14-27-13-16-7-3-2-4-8-16/h2-10,12,18,20H,11,13-14H2,1H3,(H,23,24)(H,25,26). The Bertz CT molecular complexity index is 862. The first-order valence-electron chi connectivity index (χ1n) is 9.11. The van der Waals surface area contributed by atoms with Crippen molar-refractivity contribution in [3.63, 3.8) is 0 Å². The second-order valence-electron chi connectivity index (χ2n) is 6.68. The molecule has 0 fully saturated rings. The minimum absolute atomic E-state index is 0.124. The van der Waals surface area contributed by atoms with Crippen molar-refractivity contribution in [3.8, 4) is 0 Å². The van der Waals surface area contributed by atoms with Gasteiger partial charge in [0.05, 0.1) is 13.2 Å². The van der Waals surface area contributed by atoms with E-state index in [2.05, 4.69) is 5.32 Å². The van der Waals surface area contributed by atoms with E-state index < -0.39 is 24.0 Å². The smallest absolute Gasteiger partial charge is 0.328 e. The van der Waals surface area contributed by atoms with Gasteiger partial charge in [-0.3, -0.25) is 4.79 Å². The van der Waals surface area contributed by atoms with Crippen LogP contribution in [0.1, 0.15) is 23.1 Å². The summed E-state index contributed by atoms with van der Waals surface area (Å²) in [6, 6.07) is 16.1. The van der Waals surface area contributed by atoms with E-state index in [0.717, 1.165) is 16.7 Å². The third-order valence-corrected chi connectivity index (χ3v) is 4.39. The number of nitrogens with one attached hydrogen (secondary N) is 1. The Morgan fingerprint density at radius 1 is 1.21 bits per heavy atom. The van der Waals surface area contributed by atoms with Crippen molar-refractivity contribution < 1.29 is 24.2 Å². The number of aryl methyl sites for hydroxylation is 1. The van der Waals surface area contributed by atoms with Crippen LogP contribution < -0.4 is 5.32 Å². The topological polar surface area (TPSA) is 84.9 Å². The summed E-state index contributed by atoms with van der Waals surface area (Å²) < 4.78 is 11.2. The summed E-state index contributed by atoms with van der Waals surface area (Å²) in [5.74, 6) is -0.975. The molecule has 0 radical (unpaired) electrons. The minimum atomic E-state index is -1.15. The average Bonchev–Trinajstić information content (AvgIpc) is 3.18. The van der Waals surface area contributed by atoms with Crippen LogP contribution in [0.3, 0.4) is 0 Å². The third kappa shape index (κ3) is 5.20. The van der Waals surface area contributed by atoms with E-state index in [4.69, 9.17) is 9.47 Å². The molecular formula is C22H23NO5. The Morgan fingerprint density at radius 3 is 2.71 bits per heavy atom. The van der Waals surface area contributed by atoms with Crippen LogP contribution in [0.25, 0.3) is 5.76 Å². The zero-order valence-electron chi connectivity index (χ0n) is 15.6. The van der Waals surface area contributed by atoms with Crippen LogP contribution >= 0.6 is 0 Å². The van der Waals surface area contributed by atoms with Crippen molar-refractivity contribution in [2.75, 3.05) is 6.61 Å². The van der Waals surface area contributed by atoms with Crippen molar-refractivity contribution in [3.05, 3.63) is 77.4 Å². The Hall–Kier alpha value is -3.12. The van der Waals surface area contributed by atoms with Crippen LogP contribution in [0.2, 0.25) is 0 Å². The lowest BCUT2D eigenvalue weighted by Crippen LogP contribution is -2.47. The largest absolute Gasteiger partial charge is 0.480 e. The number of carboxylic acid groups (broad SMARTS) is 1. The number of carbonyl (C=O) groups is 2. The van der Waals surface area contributed by atoms with E-state index in [1.807, 2.05) is 67.6 Å². The molecule has 146 valence electrons. The summed E-state index contributed by atoms with van der Waals surface area (Å²) in [4.78, 5) is 23.9. The highest BCUT2D eigenvalue weighted by molar-refractivity contribution is 5.88. The van der Waals surface area contributed by atoms with Crippen molar-refractivity contribution in [2.45, 2.75) is 32.1 Å². The first-order valence-corrected chi connectivity index (χ1v) is 9.11. The molecule has 6 nitrogen and oxygen atoms in total. The molecule has 0 saturated heterocycles. The van der Waals surface area contributed by atoms with Crippen LogP contribution in [0.4, 0.5) is 0 Å². The summed E-state index contributed by atoms with van der Waals surface area (Å²) in [6.07, 6.45) is 1.50. The molecule has 2 N–H and O–H groups in total. The molecule has 1 aliphatic heterocycles. The van der Waals surface area contributed by atoms with Gasteiger partial charge in [0.2, 0.25) is 0 Å². The van der Waals surface area contributed by atoms with E-state index >= 15 is 0 Å². The number of hydrogen-bond acceptors (Lipinski definition) is 4. The maximum atomic E-state index is 12.4. The molecule has 2 atom stereocenters. The van der Waals surface area contributed by atoms with Gasteiger partial charge in [0.1, 0.15) is 5.76 Å². The molecule has 28 heavy (non-hydrogen) atoms. The van der Waals surface area contributed by atoms with Gasteiger partial charge >= 0.3 is 5.97 Å². The fraction of sp³-hybridized carbons (Fsp3) is 0.273. The number of carboxylic acids is 1. The average molecular weight is 381 g/mol. The van der Waals surface area contributed by atoms with Crippen LogP contribution in [0.5, 0.6) is 0 Å². The Morgan fingerprint density at radius 2 is 2.00 bits per heavy atom. The predicted octanol–water partition coefficient (Wildman–Crippen LogP) is 2.91. The maximum absolute atomic E-state index is 12.4. The van der Waals surface area contributed by atoms with Gasteiger partial charge in [-0.15, -0.1) is 0 Å². The number of carbonyl (C=O) groups excluding carboxylic acids is 1. The predicted molar refractivity (Wildman–Crippen MR) is 104 cm³/mol. The van der Waals surface area contributed by atoms with Crippen molar-refractivity contribution >= 4 is 17.6 Å². The molecule has 0 saturated carbocycles. The summed E-state index contributed by atoms with van der Waals surface area (Å²) in [6.45, 7) is 2.14. The van der Waals surface area contributed by atoms with E-state index in [-0.39, 0.29) is 13.2 Å². The maximum Gasteiger partial charge on any atom is 0.328 e. The highest BCUT2D eigenvalue weighted by Crippen LogP contribution is 2.26. The van der Waals surface area contributed by atoms with Gasteiger partial charge in [-0.2, -0.15) is 0 Å². The highest BCUT2D eigenvalue weighted by atomic mass is 16.5. The Kier molecular flexibility index (Phi) is 6.45. The molecule has 0 aromatic heterocycles. The lowest BCUT2D eigenvalue weighted by Gasteiger charge is -2.18. The number of hydrogen-bond donors (Lipinski definition) is 2. The van der Waals surface area contributed by atoms with Gasteiger partial charge in [0.25, 0.3) is 5.91 Å². The monoisotopic (exact) mass is 381 g/mol. The Labute approximate surface area is 163 Å². The van der Waals surface area contributed by atoms with E-state index in [1.54, 1.807) is 0 Å². The van der Waals surface area contributed by atoms with Gasteiger partial charge in [-0.25, -0.2) is 4.79 Å². The van der Waals surface area contributed by atoms with Crippen LogP contribution in [-0.2, 0) is 25.7 Å². The zero-order chi connectivity index (χ0) is 19.9. The van der Waals surface area contributed by atoms with Crippen molar-refractivity contribution in [2.24, 2.45) is 0 Å². The lowest BCUT2D eigenvalue weighted by atomic mass is 10.1. The van der Waals surface area contributed by atoms with E-state index in [9.17, 15) is 14.7 Å². The molecule has 0 aliphatic carbocycles. The number of amides is 1. The summed E-state index contributed by atoms with van der Waals surface area (Å²) >= 11 is 0. The summed E-state index contributed by atoms with van der Waals surface area (Å²) in [7, 11) is 0. The zero-order valence-corrected chi connectivity index (χ0v) is 15.6. The molecule has 0 bridgehead atoms. The van der Waals surface area contributed by atoms with Crippen LogP contribution in [-0.4, -0.2) is 35.7 Å². The highest BCUT2D eigenvalue weighted by Gasteiger charge is 2.30. The van der Waals surface area contributed by atoms with Gasteiger partial charge < -0.3 is 19.9 Å². The van der Waals surface area contributed by atoms with Gasteiger partial charge in [0, 0.05) is 12.0 Å². The van der Waals surface area contributed by atoms with Gasteiger partial charge in [-0.1, -0.05) is 54.1 Å². The molecule has 3 rings (SSSR count). The van der Waals surface area contributed by atoms with Crippen molar-refractivity contribution in [1.29, 1.82) is 0 Å². The quantitative estimate of drug-likeness (QED) is 0.734. The Balaban J connectivity index is 1.51. The number of aliphatic carboxylic acids is 1. The lowest BCUT2D eigenvalue weighted by molar-refractivity contribution is -0.145. The molecule has 1 heterocycles. The fourth-order valence-corrected chi connectivity index (χ4v) is 2.92. The number of ether oxygens (including phenoxy) is 2.